The van der Waals surface area contributed by atoms with Gasteiger partial charge in [-0.2, -0.15) is 5.26 Å². The number of hydrogen-bond donors (Lipinski definition) is 3. The molecule has 2 aromatic carbocycles. The van der Waals surface area contributed by atoms with Crippen molar-refractivity contribution < 1.29 is 33.0 Å². The van der Waals surface area contributed by atoms with Crippen LogP contribution >= 0.6 is 11.6 Å². The number of hydrogen-bond acceptors (Lipinski definition) is 9. The number of alkyl carbamates (subject to hydrolysis) is 1. The van der Waals surface area contributed by atoms with Crippen LogP contribution in [0.1, 0.15) is 43.1 Å². The molecule has 13 heteroatoms. The van der Waals surface area contributed by atoms with E-state index >= 15 is 0 Å². The third-order valence-electron chi connectivity index (χ3n) is 6.18. The molecule has 0 saturated heterocycles. The minimum atomic E-state index is -0.657. The van der Waals surface area contributed by atoms with E-state index in [2.05, 4.69) is 27.0 Å². The summed E-state index contributed by atoms with van der Waals surface area (Å²) in [5, 5.41) is 18.8. The lowest BCUT2D eigenvalue weighted by atomic mass is 9.97. The van der Waals surface area contributed by atoms with Gasteiger partial charge in [0, 0.05) is 41.9 Å². The van der Waals surface area contributed by atoms with Crippen LogP contribution in [0.3, 0.4) is 0 Å². The van der Waals surface area contributed by atoms with E-state index in [1.165, 1.54) is 25.7 Å². The first kappa shape index (κ1) is 33.5. The summed E-state index contributed by atoms with van der Waals surface area (Å²) in [6, 6.07) is 17.1. The summed E-state index contributed by atoms with van der Waals surface area (Å²) < 4.78 is 21.0. The van der Waals surface area contributed by atoms with Crippen molar-refractivity contribution >= 4 is 41.0 Å². The van der Waals surface area contributed by atoms with E-state index in [9.17, 15) is 19.6 Å². The van der Waals surface area contributed by atoms with Gasteiger partial charge in [0.15, 0.2) is 12.6 Å². The maximum Gasteiger partial charge on any atom is 0.407 e. The Morgan fingerprint density at radius 3 is 2.54 bits per heavy atom. The van der Waals surface area contributed by atoms with E-state index in [1.54, 1.807) is 69.3 Å². The summed E-state index contributed by atoms with van der Waals surface area (Å²) in [7, 11) is 1.48. The van der Waals surface area contributed by atoms with Gasteiger partial charge in [0.25, 0.3) is 5.91 Å². The lowest BCUT2D eigenvalue weighted by Crippen LogP contribution is -2.34. The molecule has 2 aromatic heterocycles. The number of nitrogens with one attached hydrogen (secondary N) is 3. The molecule has 4 aromatic rings. The molecule has 0 unspecified atom stereocenters. The van der Waals surface area contributed by atoms with Gasteiger partial charge in [-0.3, -0.25) is 9.59 Å². The predicted octanol–water partition coefficient (Wildman–Crippen LogP) is 6.62. The number of aromatic nitrogens is 1. The molecule has 238 valence electrons. The second-order valence-electron chi connectivity index (χ2n) is 10.9. The fourth-order valence-electron chi connectivity index (χ4n) is 4.22. The number of carbonyl (C=O) groups excluding carboxylic acids is 3. The summed E-state index contributed by atoms with van der Waals surface area (Å²) >= 11 is 6.24. The Morgan fingerprint density at radius 2 is 1.85 bits per heavy atom. The number of anilines is 2. The molecule has 0 saturated carbocycles. The van der Waals surface area contributed by atoms with E-state index in [4.69, 9.17) is 30.2 Å². The molecule has 46 heavy (non-hydrogen) atoms. The first-order valence-electron chi connectivity index (χ1n) is 14.0. The van der Waals surface area contributed by atoms with Gasteiger partial charge in [-0.25, -0.2) is 9.78 Å². The average Bonchev–Trinajstić information content (AvgIpc) is 3.54. The molecule has 0 aliphatic heterocycles. The van der Waals surface area contributed by atoms with Crippen LogP contribution in [0.2, 0.25) is 5.02 Å². The minimum absolute atomic E-state index is 0.00265. The number of furan rings is 1. The highest BCUT2D eigenvalue weighted by Gasteiger charge is 2.21. The Balaban J connectivity index is 1.69. The smallest absolute Gasteiger partial charge is 0.407 e. The number of nitriles is 1. The summed E-state index contributed by atoms with van der Waals surface area (Å²) in [6.07, 6.45) is 2.01. The Labute approximate surface area is 270 Å². The fourth-order valence-corrected chi connectivity index (χ4v) is 4.38. The van der Waals surface area contributed by atoms with Gasteiger partial charge in [-0.1, -0.05) is 23.7 Å². The van der Waals surface area contributed by atoms with Gasteiger partial charge in [0.2, 0.25) is 5.91 Å². The minimum Gasteiger partial charge on any atom is -0.472 e. The van der Waals surface area contributed by atoms with Gasteiger partial charge in [0.05, 0.1) is 17.5 Å². The SMILES string of the molecule is COCOc1cc(Cl)ccc1-c1cc(-c2cccc(NC(=O)CCNC(=O)OC(C)(C)C)c2)c(C#N)c(NC(=O)c2ccoc2)n1. The second-order valence-corrected chi connectivity index (χ2v) is 11.3. The summed E-state index contributed by atoms with van der Waals surface area (Å²) in [6.45, 7) is 5.25. The highest BCUT2D eigenvalue weighted by atomic mass is 35.5. The van der Waals surface area contributed by atoms with Gasteiger partial charge >= 0.3 is 6.09 Å². The van der Waals surface area contributed by atoms with Crippen LogP contribution in [0.15, 0.2) is 71.5 Å². The zero-order valence-electron chi connectivity index (χ0n) is 25.6. The van der Waals surface area contributed by atoms with E-state index in [1.807, 2.05) is 0 Å². The molecule has 0 aliphatic rings. The molecule has 0 spiro atoms. The molecule has 3 amide bonds. The maximum absolute atomic E-state index is 13.0. The van der Waals surface area contributed by atoms with E-state index in [0.717, 1.165) is 0 Å². The maximum atomic E-state index is 13.0. The normalized spacial score (nSPS) is 10.9. The van der Waals surface area contributed by atoms with Gasteiger partial charge < -0.3 is 34.6 Å². The molecule has 12 nitrogen and oxygen atoms in total. The lowest BCUT2D eigenvalue weighted by molar-refractivity contribution is -0.116. The number of rotatable bonds is 11. The highest BCUT2D eigenvalue weighted by molar-refractivity contribution is 6.30. The third kappa shape index (κ3) is 9.07. The summed E-state index contributed by atoms with van der Waals surface area (Å²) in [5.74, 6) is -0.519. The number of ether oxygens (including phenoxy) is 3. The van der Waals surface area contributed by atoms with Crippen molar-refractivity contribution in [3.63, 3.8) is 0 Å². The number of methoxy groups -OCH3 is 1. The van der Waals surface area contributed by atoms with Crippen LogP contribution in [-0.4, -0.2) is 48.9 Å². The number of amides is 3. The number of halogens is 1. The topological polar surface area (TPSA) is 165 Å². The number of nitrogens with zero attached hydrogens (tertiary/aromatic N) is 2. The first-order chi connectivity index (χ1) is 22.0. The van der Waals surface area contributed by atoms with Crippen LogP contribution in [0.4, 0.5) is 16.3 Å². The molecule has 0 aliphatic carbocycles. The van der Waals surface area contributed by atoms with Crippen molar-refractivity contribution in [2.24, 2.45) is 0 Å². The highest BCUT2D eigenvalue weighted by Crippen LogP contribution is 2.38. The molecular weight excluding hydrogens is 614 g/mol. The van der Waals surface area contributed by atoms with Gasteiger partial charge in [0.1, 0.15) is 29.2 Å². The Hall–Kier alpha value is -5.38. The average molecular weight is 646 g/mol. The number of pyridine rings is 1. The van der Waals surface area contributed by atoms with Crippen LogP contribution < -0.4 is 20.7 Å². The van der Waals surface area contributed by atoms with Crippen molar-refractivity contribution in [3.8, 4) is 34.2 Å². The van der Waals surface area contributed by atoms with Gasteiger partial charge in [-0.05, 0) is 68.8 Å². The largest absolute Gasteiger partial charge is 0.472 e. The summed E-state index contributed by atoms with van der Waals surface area (Å²) in [4.78, 5) is 42.2. The van der Waals surface area contributed by atoms with Crippen molar-refractivity contribution in [2.45, 2.75) is 32.8 Å². The predicted molar refractivity (Wildman–Crippen MR) is 171 cm³/mol. The zero-order chi connectivity index (χ0) is 33.3. The number of benzene rings is 2. The Morgan fingerprint density at radius 1 is 1.04 bits per heavy atom. The Kier molecular flexibility index (Phi) is 11.0. The van der Waals surface area contributed by atoms with Crippen molar-refractivity contribution in [3.05, 3.63) is 83.3 Å². The van der Waals surface area contributed by atoms with E-state index in [0.29, 0.717) is 38.8 Å². The van der Waals surface area contributed by atoms with Crippen LogP contribution in [0, 0.1) is 11.3 Å². The van der Waals surface area contributed by atoms with E-state index < -0.39 is 17.6 Å². The molecule has 2 heterocycles. The molecule has 0 fully saturated rings. The quantitative estimate of drug-likeness (QED) is 0.152. The Bertz CT molecular complexity index is 1760. The standard InChI is InChI=1S/C33H32ClN5O7/c1-33(2,3)46-32(42)36-12-10-29(40)37-23-7-5-6-20(14-23)25-16-27(24-9-8-22(34)15-28(24)45-19-43-4)38-30(26(25)17-35)39-31(41)21-11-13-44-18-21/h5-9,11,13-16,18H,10,12,19H2,1-4H3,(H,36,42)(H,37,40)(H,38,39,41). The fraction of sp³-hybridized carbons (Fsp3) is 0.242. The zero-order valence-corrected chi connectivity index (χ0v) is 26.4. The first-order valence-corrected chi connectivity index (χ1v) is 14.4. The molecule has 0 radical (unpaired) electrons. The van der Waals surface area contributed by atoms with E-state index in [-0.39, 0.29) is 42.6 Å². The van der Waals surface area contributed by atoms with Crippen molar-refractivity contribution in [1.82, 2.24) is 10.3 Å². The molecular formula is C33H32ClN5O7. The van der Waals surface area contributed by atoms with Gasteiger partial charge in [-0.15, -0.1) is 0 Å². The third-order valence-corrected chi connectivity index (χ3v) is 6.41. The van der Waals surface area contributed by atoms with Crippen molar-refractivity contribution in [1.29, 1.82) is 5.26 Å². The lowest BCUT2D eigenvalue weighted by Gasteiger charge is -2.19. The number of carbonyl (C=O) groups is 3. The summed E-state index contributed by atoms with van der Waals surface area (Å²) in [5.41, 5.74) is 1.97. The molecule has 0 bridgehead atoms. The molecule has 0 atom stereocenters. The van der Waals surface area contributed by atoms with Crippen LogP contribution in [0.25, 0.3) is 22.4 Å². The molecule has 3 N–H and O–H groups in total. The second kappa shape index (κ2) is 15.1. The molecule has 4 rings (SSSR count). The van der Waals surface area contributed by atoms with Crippen molar-refractivity contribution in [2.75, 3.05) is 31.1 Å². The van der Waals surface area contributed by atoms with Crippen LogP contribution in [-0.2, 0) is 14.3 Å². The monoisotopic (exact) mass is 645 g/mol. The van der Waals surface area contributed by atoms with Crippen LogP contribution in [0.5, 0.6) is 5.75 Å².